The maximum Gasteiger partial charge on any atom is 0.0407 e. The van der Waals surface area contributed by atoms with Crippen LogP contribution in [0.1, 0.15) is 0 Å². The van der Waals surface area contributed by atoms with Crippen LogP contribution in [0.15, 0.2) is 48.5 Å². The van der Waals surface area contributed by atoms with E-state index in [0.717, 1.165) is 29.5 Å². The van der Waals surface area contributed by atoms with Crippen molar-refractivity contribution in [2.75, 3.05) is 34.8 Å². The molecule has 1 N–H and O–H groups in total. The maximum atomic E-state index is 5.91. The number of halogens is 1. The molecule has 104 valence electrons. The van der Waals surface area contributed by atoms with Gasteiger partial charge >= 0.3 is 0 Å². The molecule has 2 aromatic rings. The Kier molecular flexibility index (Phi) is 4.38. The highest BCUT2D eigenvalue weighted by Gasteiger charge is 2.11. The van der Waals surface area contributed by atoms with Gasteiger partial charge in [-0.2, -0.15) is 11.8 Å². The third-order valence-corrected chi connectivity index (χ3v) is 4.55. The minimum atomic E-state index is 0.759. The zero-order valence-electron chi connectivity index (χ0n) is 11.2. The average Bonchev–Trinajstić information content (AvgIpc) is 2.51. The number of hydrogen-bond donors (Lipinski definition) is 1. The Labute approximate surface area is 129 Å². The van der Waals surface area contributed by atoms with Crippen LogP contribution in [-0.4, -0.2) is 24.6 Å². The lowest BCUT2D eigenvalue weighted by Crippen LogP contribution is -2.32. The molecule has 0 radical (unpaired) electrons. The van der Waals surface area contributed by atoms with Gasteiger partial charge < -0.3 is 10.2 Å². The van der Waals surface area contributed by atoms with Crippen LogP contribution in [0, 0.1) is 0 Å². The van der Waals surface area contributed by atoms with Gasteiger partial charge in [0.1, 0.15) is 0 Å². The number of anilines is 3. The predicted octanol–water partition coefficient (Wildman–Crippen LogP) is 4.64. The minimum absolute atomic E-state index is 0.759. The van der Waals surface area contributed by atoms with Gasteiger partial charge in [0.15, 0.2) is 0 Å². The summed E-state index contributed by atoms with van der Waals surface area (Å²) >= 11 is 7.94. The average molecular weight is 305 g/mol. The number of thioether (sulfide) groups is 1. The van der Waals surface area contributed by atoms with E-state index in [4.69, 9.17) is 11.6 Å². The molecule has 1 heterocycles. The summed E-state index contributed by atoms with van der Waals surface area (Å²) in [7, 11) is 0. The van der Waals surface area contributed by atoms with Crippen molar-refractivity contribution in [3.05, 3.63) is 53.6 Å². The number of hydrogen-bond acceptors (Lipinski definition) is 3. The minimum Gasteiger partial charge on any atom is -0.370 e. The van der Waals surface area contributed by atoms with Gasteiger partial charge in [-0.3, -0.25) is 0 Å². The van der Waals surface area contributed by atoms with E-state index < -0.39 is 0 Å². The van der Waals surface area contributed by atoms with E-state index in [1.165, 1.54) is 17.2 Å². The van der Waals surface area contributed by atoms with E-state index in [1.54, 1.807) is 0 Å². The summed E-state index contributed by atoms with van der Waals surface area (Å²) in [6.07, 6.45) is 0. The summed E-state index contributed by atoms with van der Waals surface area (Å²) < 4.78 is 0. The first-order chi connectivity index (χ1) is 9.81. The number of nitrogens with zero attached hydrogens (tertiary/aromatic N) is 1. The van der Waals surface area contributed by atoms with Crippen molar-refractivity contribution in [2.24, 2.45) is 0 Å². The Hall–Kier alpha value is -1.32. The molecule has 4 heteroatoms. The molecule has 1 saturated heterocycles. The van der Waals surface area contributed by atoms with Crippen LogP contribution in [0.3, 0.4) is 0 Å². The Morgan fingerprint density at radius 3 is 2.45 bits per heavy atom. The fourth-order valence-corrected chi connectivity index (χ4v) is 3.33. The van der Waals surface area contributed by atoms with E-state index >= 15 is 0 Å². The molecule has 0 unspecified atom stereocenters. The highest BCUT2D eigenvalue weighted by molar-refractivity contribution is 7.99. The van der Waals surface area contributed by atoms with Gasteiger partial charge in [0.05, 0.1) is 0 Å². The highest BCUT2D eigenvalue weighted by Crippen LogP contribution is 2.25. The molecule has 1 fully saturated rings. The van der Waals surface area contributed by atoms with E-state index in [9.17, 15) is 0 Å². The number of benzene rings is 2. The molecule has 0 saturated carbocycles. The van der Waals surface area contributed by atoms with Crippen LogP contribution in [0.2, 0.25) is 5.02 Å². The van der Waals surface area contributed by atoms with E-state index in [2.05, 4.69) is 34.5 Å². The molecule has 20 heavy (non-hydrogen) atoms. The van der Waals surface area contributed by atoms with E-state index in [1.807, 2.05) is 36.0 Å². The van der Waals surface area contributed by atoms with Gasteiger partial charge in [0, 0.05) is 46.7 Å². The Bertz CT molecular complexity index is 565. The normalized spacial score (nSPS) is 15.2. The lowest BCUT2D eigenvalue weighted by molar-refractivity contribution is 0.859. The molecular weight excluding hydrogens is 288 g/mol. The summed E-state index contributed by atoms with van der Waals surface area (Å²) in [5.74, 6) is 2.43. The van der Waals surface area contributed by atoms with Gasteiger partial charge in [0.2, 0.25) is 0 Å². The Morgan fingerprint density at radius 1 is 0.950 bits per heavy atom. The Morgan fingerprint density at radius 2 is 1.70 bits per heavy atom. The highest BCUT2D eigenvalue weighted by atomic mass is 35.5. The lowest BCUT2D eigenvalue weighted by Gasteiger charge is -2.28. The Balaban J connectivity index is 1.75. The van der Waals surface area contributed by atoms with Gasteiger partial charge in [-0.25, -0.2) is 0 Å². The molecule has 0 bridgehead atoms. The van der Waals surface area contributed by atoms with Crippen molar-refractivity contribution in [2.45, 2.75) is 0 Å². The van der Waals surface area contributed by atoms with Crippen LogP contribution < -0.4 is 10.2 Å². The van der Waals surface area contributed by atoms with Crippen LogP contribution in [0.25, 0.3) is 0 Å². The van der Waals surface area contributed by atoms with E-state index in [0.29, 0.717) is 0 Å². The first kappa shape index (κ1) is 13.7. The second-order valence-corrected chi connectivity index (χ2v) is 6.44. The molecule has 3 rings (SSSR count). The molecule has 2 nitrogen and oxygen atoms in total. The van der Waals surface area contributed by atoms with E-state index in [-0.39, 0.29) is 0 Å². The predicted molar refractivity (Wildman–Crippen MR) is 90.7 cm³/mol. The molecule has 0 aliphatic carbocycles. The fraction of sp³-hybridized carbons (Fsp3) is 0.250. The zero-order chi connectivity index (χ0) is 13.8. The molecule has 2 aromatic carbocycles. The topological polar surface area (TPSA) is 15.3 Å². The third-order valence-electron chi connectivity index (χ3n) is 3.36. The number of nitrogens with one attached hydrogen (secondary N) is 1. The maximum absolute atomic E-state index is 5.91. The quantitative estimate of drug-likeness (QED) is 0.889. The summed E-state index contributed by atoms with van der Waals surface area (Å²) in [5, 5.41) is 4.18. The van der Waals surface area contributed by atoms with Crippen LogP contribution in [-0.2, 0) is 0 Å². The van der Waals surface area contributed by atoms with Crippen LogP contribution in [0.5, 0.6) is 0 Å². The first-order valence-electron chi connectivity index (χ1n) is 6.77. The number of rotatable bonds is 3. The van der Waals surface area contributed by atoms with Crippen LogP contribution in [0.4, 0.5) is 17.1 Å². The van der Waals surface area contributed by atoms with Crippen molar-refractivity contribution >= 4 is 40.4 Å². The van der Waals surface area contributed by atoms with Crippen molar-refractivity contribution in [1.29, 1.82) is 0 Å². The molecule has 1 aliphatic heterocycles. The summed E-state index contributed by atoms with van der Waals surface area (Å²) in [6.45, 7) is 2.27. The van der Waals surface area contributed by atoms with Crippen LogP contribution >= 0.6 is 23.4 Å². The molecule has 0 atom stereocenters. The summed E-state index contributed by atoms with van der Waals surface area (Å²) in [4.78, 5) is 2.45. The van der Waals surface area contributed by atoms with Gasteiger partial charge in [-0.15, -0.1) is 0 Å². The monoisotopic (exact) mass is 304 g/mol. The molecule has 1 aliphatic rings. The summed E-state index contributed by atoms with van der Waals surface area (Å²) in [6, 6.07) is 16.4. The van der Waals surface area contributed by atoms with Gasteiger partial charge in [-0.05, 0) is 42.5 Å². The SMILES string of the molecule is Clc1ccc(Nc2cccc(N3CCSCC3)c2)cc1. The van der Waals surface area contributed by atoms with Crippen molar-refractivity contribution in [1.82, 2.24) is 0 Å². The van der Waals surface area contributed by atoms with Gasteiger partial charge in [-0.1, -0.05) is 17.7 Å². The second-order valence-electron chi connectivity index (χ2n) is 4.78. The first-order valence-corrected chi connectivity index (χ1v) is 8.30. The zero-order valence-corrected chi connectivity index (χ0v) is 12.8. The van der Waals surface area contributed by atoms with Crippen molar-refractivity contribution in [3.63, 3.8) is 0 Å². The molecule has 0 amide bonds. The van der Waals surface area contributed by atoms with Crippen molar-refractivity contribution in [3.8, 4) is 0 Å². The van der Waals surface area contributed by atoms with Gasteiger partial charge in [0.25, 0.3) is 0 Å². The largest absolute Gasteiger partial charge is 0.370 e. The fourth-order valence-electron chi connectivity index (χ4n) is 2.30. The lowest BCUT2D eigenvalue weighted by atomic mass is 10.2. The smallest absolute Gasteiger partial charge is 0.0407 e. The standard InChI is InChI=1S/C16H17ClN2S/c17-13-4-6-14(7-5-13)18-15-2-1-3-16(12-15)19-8-10-20-11-9-19/h1-7,12,18H,8-11H2. The van der Waals surface area contributed by atoms with Crippen molar-refractivity contribution < 1.29 is 0 Å². The summed E-state index contributed by atoms with van der Waals surface area (Å²) in [5.41, 5.74) is 3.47. The second kappa shape index (κ2) is 6.42. The third kappa shape index (κ3) is 3.41. The molecular formula is C16H17ClN2S. The molecule has 0 aromatic heterocycles. The molecule has 0 spiro atoms.